The third kappa shape index (κ3) is 3.87. The molecule has 2 aromatic rings. The number of rotatable bonds is 4. The Morgan fingerprint density at radius 3 is 2.26 bits per heavy atom. The van der Waals surface area contributed by atoms with Gasteiger partial charge in [0.1, 0.15) is 0 Å². The maximum Gasteiger partial charge on any atom is 0.0465 e. The second-order valence-electron chi connectivity index (χ2n) is 4.62. The zero-order valence-electron chi connectivity index (χ0n) is 10.7. The molecule has 0 aliphatic heterocycles. The number of nitrogen functional groups attached to an aromatic ring is 1. The van der Waals surface area contributed by atoms with E-state index in [1.54, 1.807) is 0 Å². The smallest absolute Gasteiger partial charge is 0.0465 e. The highest BCUT2D eigenvalue weighted by molar-refractivity contribution is 6.35. The van der Waals surface area contributed by atoms with E-state index in [1.165, 1.54) is 5.56 Å². The van der Waals surface area contributed by atoms with Crippen LogP contribution in [0.25, 0.3) is 0 Å². The largest absolute Gasteiger partial charge is 0.399 e. The average molecular weight is 295 g/mol. The van der Waals surface area contributed by atoms with Gasteiger partial charge in [-0.1, -0.05) is 41.4 Å². The minimum absolute atomic E-state index is 0.701. The molecule has 0 atom stereocenters. The van der Waals surface area contributed by atoms with Crippen molar-refractivity contribution in [2.24, 2.45) is 0 Å². The van der Waals surface area contributed by atoms with E-state index in [4.69, 9.17) is 28.9 Å². The number of halogens is 2. The molecule has 0 saturated heterocycles. The Hall–Kier alpha value is -1.22. The molecule has 2 nitrogen and oxygen atoms in total. The van der Waals surface area contributed by atoms with Crippen LogP contribution in [0.4, 0.5) is 5.69 Å². The summed E-state index contributed by atoms with van der Waals surface area (Å²) in [4.78, 5) is 2.15. The van der Waals surface area contributed by atoms with E-state index in [-0.39, 0.29) is 0 Å². The number of nitrogens with two attached hydrogens (primary N) is 1. The number of anilines is 1. The normalized spacial score (nSPS) is 10.9. The Morgan fingerprint density at radius 2 is 1.63 bits per heavy atom. The van der Waals surface area contributed by atoms with Crippen LogP contribution in [0.15, 0.2) is 42.5 Å². The summed E-state index contributed by atoms with van der Waals surface area (Å²) in [5.74, 6) is 0. The maximum absolute atomic E-state index is 6.17. The summed E-state index contributed by atoms with van der Waals surface area (Å²) in [6.45, 7) is 1.50. The fourth-order valence-corrected chi connectivity index (χ4v) is 2.53. The van der Waals surface area contributed by atoms with Crippen LogP contribution in [0.1, 0.15) is 11.1 Å². The molecule has 0 spiro atoms. The highest BCUT2D eigenvalue weighted by Gasteiger charge is 2.09. The predicted octanol–water partition coefficient (Wildman–Crippen LogP) is 4.21. The summed E-state index contributed by atoms with van der Waals surface area (Å²) in [7, 11) is 2.03. The molecule has 2 aromatic carbocycles. The minimum atomic E-state index is 0.701. The SMILES string of the molecule is CN(Cc1cccc(N)c1)Cc1c(Cl)cccc1Cl. The van der Waals surface area contributed by atoms with Gasteiger partial charge in [-0.05, 0) is 36.9 Å². The zero-order valence-corrected chi connectivity index (χ0v) is 12.2. The summed E-state index contributed by atoms with van der Waals surface area (Å²) >= 11 is 12.3. The van der Waals surface area contributed by atoms with Gasteiger partial charge < -0.3 is 5.73 Å². The molecule has 2 rings (SSSR count). The van der Waals surface area contributed by atoms with Crippen LogP contribution in [0.3, 0.4) is 0 Å². The van der Waals surface area contributed by atoms with Gasteiger partial charge in [0.05, 0.1) is 0 Å². The Morgan fingerprint density at radius 1 is 1.00 bits per heavy atom. The molecule has 0 aliphatic rings. The Kier molecular flexibility index (Phi) is 4.70. The van der Waals surface area contributed by atoms with E-state index < -0.39 is 0 Å². The molecule has 0 heterocycles. The summed E-state index contributed by atoms with van der Waals surface area (Å²) in [5.41, 5.74) is 8.68. The summed E-state index contributed by atoms with van der Waals surface area (Å²) in [5, 5.41) is 1.40. The second-order valence-corrected chi connectivity index (χ2v) is 5.43. The van der Waals surface area contributed by atoms with Crippen molar-refractivity contribution < 1.29 is 0 Å². The van der Waals surface area contributed by atoms with Gasteiger partial charge in [0, 0.05) is 34.4 Å². The molecule has 0 bridgehead atoms. The van der Waals surface area contributed by atoms with Crippen molar-refractivity contribution in [1.82, 2.24) is 4.90 Å². The molecular formula is C15H16Cl2N2. The van der Waals surface area contributed by atoms with E-state index in [9.17, 15) is 0 Å². The fourth-order valence-electron chi connectivity index (χ4n) is 2.01. The minimum Gasteiger partial charge on any atom is -0.399 e. The van der Waals surface area contributed by atoms with Crippen LogP contribution in [0, 0.1) is 0 Å². The van der Waals surface area contributed by atoms with E-state index in [0.29, 0.717) is 16.6 Å². The highest BCUT2D eigenvalue weighted by atomic mass is 35.5. The molecule has 0 saturated carbocycles. The third-order valence-corrected chi connectivity index (χ3v) is 3.60. The first-order valence-electron chi connectivity index (χ1n) is 6.02. The lowest BCUT2D eigenvalue weighted by molar-refractivity contribution is 0.319. The number of hydrogen-bond acceptors (Lipinski definition) is 2. The van der Waals surface area contributed by atoms with Crippen LogP contribution in [0.2, 0.25) is 10.0 Å². The Bertz CT molecular complexity index is 550. The predicted molar refractivity (Wildman–Crippen MR) is 82.5 cm³/mol. The van der Waals surface area contributed by atoms with Crippen molar-refractivity contribution in [2.45, 2.75) is 13.1 Å². The lowest BCUT2D eigenvalue weighted by Gasteiger charge is -2.18. The summed E-state index contributed by atoms with van der Waals surface area (Å²) in [6, 6.07) is 13.4. The van der Waals surface area contributed by atoms with Crippen molar-refractivity contribution in [3.63, 3.8) is 0 Å². The van der Waals surface area contributed by atoms with Gasteiger partial charge in [0.25, 0.3) is 0 Å². The lowest BCUT2D eigenvalue weighted by Crippen LogP contribution is -2.17. The van der Waals surface area contributed by atoms with Crippen LogP contribution >= 0.6 is 23.2 Å². The molecule has 0 amide bonds. The van der Waals surface area contributed by atoms with E-state index in [1.807, 2.05) is 43.4 Å². The number of benzene rings is 2. The first-order valence-corrected chi connectivity index (χ1v) is 6.77. The van der Waals surface area contributed by atoms with E-state index >= 15 is 0 Å². The zero-order chi connectivity index (χ0) is 13.8. The van der Waals surface area contributed by atoms with Crippen molar-refractivity contribution >= 4 is 28.9 Å². The number of hydrogen-bond donors (Lipinski definition) is 1. The molecule has 0 unspecified atom stereocenters. The molecular weight excluding hydrogens is 279 g/mol. The standard InChI is InChI=1S/C15H16Cl2N2/c1-19(9-11-4-2-5-12(18)8-11)10-13-14(16)6-3-7-15(13)17/h2-8H,9-10,18H2,1H3. The third-order valence-electron chi connectivity index (χ3n) is 2.89. The fraction of sp³-hybridized carbons (Fsp3) is 0.200. The van der Waals surface area contributed by atoms with E-state index in [0.717, 1.165) is 17.8 Å². The van der Waals surface area contributed by atoms with Gasteiger partial charge in [0.2, 0.25) is 0 Å². The van der Waals surface area contributed by atoms with Gasteiger partial charge in [-0.25, -0.2) is 0 Å². The maximum atomic E-state index is 6.17. The average Bonchev–Trinajstić information content (AvgIpc) is 2.34. The molecule has 0 aromatic heterocycles. The quantitative estimate of drug-likeness (QED) is 0.856. The summed E-state index contributed by atoms with van der Waals surface area (Å²) < 4.78 is 0. The van der Waals surface area contributed by atoms with E-state index in [2.05, 4.69) is 11.0 Å². The summed E-state index contributed by atoms with van der Waals surface area (Å²) in [6.07, 6.45) is 0. The second kappa shape index (κ2) is 6.29. The first-order chi connectivity index (χ1) is 9.06. The van der Waals surface area contributed by atoms with Crippen LogP contribution < -0.4 is 5.73 Å². The number of nitrogens with zero attached hydrogens (tertiary/aromatic N) is 1. The topological polar surface area (TPSA) is 29.3 Å². The van der Waals surface area contributed by atoms with Crippen molar-refractivity contribution in [1.29, 1.82) is 0 Å². The molecule has 4 heteroatoms. The molecule has 2 N–H and O–H groups in total. The van der Waals surface area contributed by atoms with Gasteiger partial charge in [-0.2, -0.15) is 0 Å². The monoisotopic (exact) mass is 294 g/mol. The molecule has 19 heavy (non-hydrogen) atoms. The molecule has 0 radical (unpaired) electrons. The Balaban J connectivity index is 2.07. The molecule has 0 aliphatic carbocycles. The molecule has 0 fully saturated rings. The lowest BCUT2D eigenvalue weighted by atomic mass is 10.1. The van der Waals surface area contributed by atoms with Gasteiger partial charge in [-0.15, -0.1) is 0 Å². The van der Waals surface area contributed by atoms with Crippen molar-refractivity contribution in [3.8, 4) is 0 Å². The van der Waals surface area contributed by atoms with Gasteiger partial charge in [0.15, 0.2) is 0 Å². The van der Waals surface area contributed by atoms with Gasteiger partial charge >= 0.3 is 0 Å². The van der Waals surface area contributed by atoms with Crippen molar-refractivity contribution in [3.05, 3.63) is 63.6 Å². The van der Waals surface area contributed by atoms with Crippen LogP contribution in [-0.4, -0.2) is 11.9 Å². The van der Waals surface area contributed by atoms with Crippen LogP contribution in [-0.2, 0) is 13.1 Å². The first kappa shape index (κ1) is 14.2. The van der Waals surface area contributed by atoms with Crippen LogP contribution in [0.5, 0.6) is 0 Å². The molecule has 100 valence electrons. The van der Waals surface area contributed by atoms with Crippen molar-refractivity contribution in [2.75, 3.05) is 12.8 Å². The Labute approximate surface area is 123 Å². The van der Waals surface area contributed by atoms with Gasteiger partial charge in [-0.3, -0.25) is 4.90 Å². The highest BCUT2D eigenvalue weighted by Crippen LogP contribution is 2.25.